The summed E-state index contributed by atoms with van der Waals surface area (Å²) >= 11 is 0. The monoisotopic (exact) mass is 224 g/mol. The van der Waals surface area contributed by atoms with E-state index < -0.39 is 5.97 Å². The second-order valence-corrected chi connectivity index (χ2v) is 3.38. The van der Waals surface area contributed by atoms with Crippen molar-refractivity contribution in [1.29, 1.82) is 0 Å². The highest BCUT2D eigenvalue weighted by atomic mass is 19.3. The average molecular weight is 224 g/mol. The Morgan fingerprint density at radius 2 is 2.25 bits per heavy atom. The molecule has 0 amide bonds. The van der Waals surface area contributed by atoms with Gasteiger partial charge in [-0.2, -0.15) is 0 Å². The summed E-state index contributed by atoms with van der Waals surface area (Å²) in [6, 6.07) is 6.38. The molecule has 0 aliphatic heterocycles. The number of phenols is 1. The third-order valence-corrected chi connectivity index (χ3v) is 2.21. The summed E-state index contributed by atoms with van der Waals surface area (Å²) in [6.45, 7) is 0. The molecule has 0 fully saturated rings. The smallest absolute Gasteiger partial charge is 0.349 e. The Kier molecular flexibility index (Phi) is 2.76. The van der Waals surface area contributed by atoms with Crippen molar-refractivity contribution in [2.45, 2.75) is 12.8 Å². The quantitative estimate of drug-likeness (QED) is 0.870. The molecule has 1 heterocycles. The van der Waals surface area contributed by atoms with Gasteiger partial charge in [-0.05, 0) is 24.3 Å². The number of carbonyl (C=O) groups is 1. The Morgan fingerprint density at radius 3 is 3.00 bits per heavy atom. The van der Waals surface area contributed by atoms with Gasteiger partial charge in [0.2, 0.25) is 0 Å². The van der Waals surface area contributed by atoms with Crippen LogP contribution in [0.4, 0.5) is 4.53 Å². The molecular weight excluding hydrogens is 215 g/mol. The van der Waals surface area contributed by atoms with Crippen molar-refractivity contribution in [2.75, 3.05) is 0 Å². The fourth-order valence-corrected chi connectivity index (χ4v) is 1.47. The first-order valence-corrected chi connectivity index (χ1v) is 4.72. The fraction of sp³-hybridized carbons (Fsp3) is 0.182. The van der Waals surface area contributed by atoms with Crippen molar-refractivity contribution in [2.24, 2.45) is 0 Å². The van der Waals surface area contributed by atoms with E-state index in [1.807, 2.05) is 0 Å². The number of halogens is 1. The average Bonchev–Trinajstić information content (AvgIpc) is 2.67. The molecule has 0 saturated heterocycles. The van der Waals surface area contributed by atoms with Gasteiger partial charge in [0.15, 0.2) is 0 Å². The normalized spacial score (nSPS) is 10.6. The van der Waals surface area contributed by atoms with Crippen LogP contribution in [-0.2, 0) is 16.2 Å². The number of hydrogen-bond donors (Lipinski definition) is 1. The molecule has 2 rings (SSSR count). The molecule has 1 aromatic carbocycles. The largest absolute Gasteiger partial charge is 0.508 e. The third-order valence-electron chi connectivity index (χ3n) is 2.21. The maximum Gasteiger partial charge on any atom is 0.349 e. The van der Waals surface area contributed by atoms with E-state index in [4.69, 9.17) is 4.42 Å². The number of furan rings is 1. The van der Waals surface area contributed by atoms with Crippen LogP contribution in [-0.4, -0.2) is 11.1 Å². The Labute approximate surface area is 90.1 Å². The lowest BCUT2D eigenvalue weighted by Gasteiger charge is -1.92. The van der Waals surface area contributed by atoms with Gasteiger partial charge < -0.3 is 9.52 Å². The zero-order valence-corrected chi connectivity index (χ0v) is 8.27. The minimum atomic E-state index is -0.927. The third kappa shape index (κ3) is 2.13. The van der Waals surface area contributed by atoms with Crippen LogP contribution in [0.3, 0.4) is 0 Å². The molecule has 4 nitrogen and oxygen atoms in total. The van der Waals surface area contributed by atoms with E-state index in [0.717, 1.165) is 5.39 Å². The Balaban J connectivity index is 2.16. The van der Waals surface area contributed by atoms with Crippen molar-refractivity contribution in [3.63, 3.8) is 0 Å². The van der Waals surface area contributed by atoms with Gasteiger partial charge in [0, 0.05) is 16.3 Å². The summed E-state index contributed by atoms with van der Waals surface area (Å²) in [6.07, 6.45) is 0.181. The summed E-state index contributed by atoms with van der Waals surface area (Å²) in [5, 5.41) is 9.97. The molecule has 0 bridgehead atoms. The van der Waals surface area contributed by atoms with Gasteiger partial charge in [-0.15, -0.1) is 0 Å². The molecule has 0 aliphatic carbocycles. The van der Waals surface area contributed by atoms with Crippen LogP contribution in [0.2, 0.25) is 0 Å². The second-order valence-electron chi connectivity index (χ2n) is 3.38. The molecule has 1 aromatic heterocycles. The lowest BCUT2D eigenvalue weighted by molar-refractivity contribution is -0.183. The zero-order chi connectivity index (χ0) is 11.5. The molecule has 0 radical (unpaired) electrons. The predicted octanol–water partition coefficient (Wildman–Crippen LogP) is 2.50. The first kappa shape index (κ1) is 10.5. The summed E-state index contributed by atoms with van der Waals surface area (Å²) < 4.78 is 16.8. The molecular formula is C11H9FO4. The highest BCUT2D eigenvalue weighted by Crippen LogP contribution is 2.24. The van der Waals surface area contributed by atoms with E-state index in [0.29, 0.717) is 11.3 Å². The molecule has 0 atom stereocenters. The molecule has 0 unspecified atom stereocenters. The first-order valence-electron chi connectivity index (χ1n) is 4.72. The Bertz CT molecular complexity index is 518. The maximum absolute atomic E-state index is 11.4. The highest BCUT2D eigenvalue weighted by Gasteiger charge is 2.08. The number of fused-ring (bicyclic) bond motifs is 1. The molecule has 1 N–H and O–H groups in total. The topological polar surface area (TPSA) is 59.7 Å². The van der Waals surface area contributed by atoms with E-state index in [2.05, 4.69) is 4.94 Å². The van der Waals surface area contributed by atoms with Crippen molar-refractivity contribution in [1.82, 2.24) is 0 Å². The lowest BCUT2D eigenvalue weighted by atomic mass is 10.2. The van der Waals surface area contributed by atoms with Gasteiger partial charge in [0.1, 0.15) is 17.1 Å². The number of carbonyl (C=O) groups excluding carboxylic acids is 1. The van der Waals surface area contributed by atoms with E-state index in [1.54, 1.807) is 18.2 Å². The van der Waals surface area contributed by atoms with Gasteiger partial charge in [-0.1, -0.05) is 0 Å². The number of aromatic hydroxyl groups is 1. The predicted molar refractivity (Wildman–Crippen MR) is 53.4 cm³/mol. The minimum Gasteiger partial charge on any atom is -0.508 e. The van der Waals surface area contributed by atoms with Crippen LogP contribution >= 0.6 is 0 Å². The summed E-state index contributed by atoms with van der Waals surface area (Å²) in [5.41, 5.74) is 0.612. The van der Waals surface area contributed by atoms with Gasteiger partial charge in [-0.25, -0.2) is 4.79 Å². The van der Waals surface area contributed by atoms with Gasteiger partial charge in [0.05, 0.1) is 6.42 Å². The molecule has 0 aliphatic rings. The summed E-state index contributed by atoms with van der Waals surface area (Å²) in [5.74, 6) is -0.239. The second kappa shape index (κ2) is 4.22. The highest BCUT2D eigenvalue weighted by molar-refractivity contribution is 5.79. The van der Waals surface area contributed by atoms with E-state index >= 15 is 0 Å². The first-order chi connectivity index (χ1) is 7.69. The number of rotatable bonds is 3. The van der Waals surface area contributed by atoms with Crippen molar-refractivity contribution in [3.8, 4) is 5.75 Å². The molecule has 84 valence electrons. The van der Waals surface area contributed by atoms with Crippen LogP contribution in [0, 0.1) is 0 Å². The minimum absolute atomic E-state index is 0.0810. The van der Waals surface area contributed by atoms with Crippen molar-refractivity contribution >= 4 is 16.9 Å². The molecule has 0 saturated carbocycles. The number of phenolic OH excluding ortho intramolecular Hbond substituents is 1. The van der Waals surface area contributed by atoms with E-state index in [1.165, 1.54) is 6.07 Å². The Morgan fingerprint density at radius 1 is 1.44 bits per heavy atom. The van der Waals surface area contributed by atoms with Crippen molar-refractivity contribution < 1.29 is 23.8 Å². The molecule has 0 spiro atoms. The van der Waals surface area contributed by atoms with Gasteiger partial charge in [0.25, 0.3) is 0 Å². The zero-order valence-electron chi connectivity index (χ0n) is 8.27. The number of aryl methyl sites for hydroxylation is 1. The molecule has 16 heavy (non-hydrogen) atoms. The van der Waals surface area contributed by atoms with Crippen LogP contribution in [0.1, 0.15) is 12.2 Å². The van der Waals surface area contributed by atoms with Crippen LogP contribution in [0.15, 0.2) is 28.7 Å². The van der Waals surface area contributed by atoms with Crippen molar-refractivity contribution in [3.05, 3.63) is 30.0 Å². The van der Waals surface area contributed by atoms with Crippen LogP contribution in [0.25, 0.3) is 11.0 Å². The maximum atomic E-state index is 11.4. The number of hydrogen-bond acceptors (Lipinski definition) is 4. The lowest BCUT2D eigenvalue weighted by Crippen LogP contribution is -1.98. The van der Waals surface area contributed by atoms with E-state index in [-0.39, 0.29) is 18.6 Å². The number of benzene rings is 1. The van der Waals surface area contributed by atoms with E-state index in [9.17, 15) is 14.4 Å². The fourth-order valence-electron chi connectivity index (χ4n) is 1.47. The summed E-state index contributed by atoms with van der Waals surface area (Å²) in [4.78, 5) is 13.6. The SMILES string of the molecule is O=C(CCc1cc2cc(O)ccc2o1)OF. The molecule has 2 aromatic rings. The van der Waals surface area contributed by atoms with Gasteiger partial charge in [-0.3, -0.25) is 4.94 Å². The summed E-state index contributed by atoms with van der Waals surface area (Å²) in [7, 11) is 0. The Hall–Kier alpha value is -2.04. The van der Waals surface area contributed by atoms with Gasteiger partial charge >= 0.3 is 5.97 Å². The van der Waals surface area contributed by atoms with Crippen LogP contribution in [0.5, 0.6) is 5.75 Å². The van der Waals surface area contributed by atoms with Crippen LogP contribution < -0.4 is 0 Å². The standard InChI is InChI=1S/C11H9FO4/c12-16-11(14)4-2-9-6-7-5-8(13)1-3-10(7)15-9/h1,3,5-6,13H,2,4H2. The molecule has 5 heteroatoms.